The van der Waals surface area contributed by atoms with Crippen molar-refractivity contribution < 1.29 is 22.7 Å². The lowest BCUT2D eigenvalue weighted by Gasteiger charge is -2.44. The highest BCUT2D eigenvalue weighted by Crippen LogP contribution is 2.33. The number of benzene rings is 2. The minimum Gasteiger partial charge on any atom is -0.459 e. The van der Waals surface area contributed by atoms with Crippen LogP contribution in [0.15, 0.2) is 54.6 Å². The molecule has 3 fully saturated rings. The molecule has 1 N–H and O–H groups in total. The van der Waals surface area contributed by atoms with Gasteiger partial charge in [0.25, 0.3) is 0 Å². The third-order valence-corrected chi connectivity index (χ3v) is 5.76. The molecule has 2 bridgehead atoms. The maximum absolute atomic E-state index is 13.0. The highest BCUT2D eigenvalue weighted by molar-refractivity contribution is 5.81. The molecular formula is C22H23F3N2O2. The van der Waals surface area contributed by atoms with Gasteiger partial charge in [0.1, 0.15) is 6.10 Å². The molecule has 3 aliphatic heterocycles. The molecule has 3 saturated heterocycles. The standard InChI is InChI=1S/C22H23F3N2O2/c23-22(24,25)17-8-6-16(7-9-17)20(26-18-4-2-1-3-5-18)21(28)29-19-14-27-12-10-15(19)11-13-27/h1-9,15,19-20,26H,10-14H2. The van der Waals surface area contributed by atoms with Crippen LogP contribution in [-0.2, 0) is 15.7 Å². The van der Waals surface area contributed by atoms with Crippen molar-refractivity contribution >= 4 is 11.7 Å². The number of carbonyl (C=O) groups is 1. The molecule has 2 unspecified atom stereocenters. The fourth-order valence-electron chi connectivity index (χ4n) is 4.11. The van der Waals surface area contributed by atoms with Gasteiger partial charge in [0.05, 0.1) is 5.56 Å². The number of piperidine rings is 3. The van der Waals surface area contributed by atoms with Crippen molar-refractivity contribution in [3.63, 3.8) is 0 Å². The van der Waals surface area contributed by atoms with Gasteiger partial charge in [0, 0.05) is 12.2 Å². The van der Waals surface area contributed by atoms with E-state index in [1.807, 2.05) is 18.2 Å². The third-order valence-electron chi connectivity index (χ3n) is 5.76. The lowest BCUT2D eigenvalue weighted by molar-refractivity contribution is -0.159. The minimum atomic E-state index is -4.42. The normalized spacial score (nSPS) is 24.7. The fourth-order valence-corrected chi connectivity index (χ4v) is 4.11. The van der Waals surface area contributed by atoms with Gasteiger partial charge < -0.3 is 10.1 Å². The number of rotatable bonds is 5. The third kappa shape index (κ3) is 4.56. The zero-order chi connectivity index (χ0) is 20.4. The Morgan fingerprint density at radius 2 is 1.69 bits per heavy atom. The van der Waals surface area contributed by atoms with Crippen LogP contribution < -0.4 is 5.32 Å². The van der Waals surface area contributed by atoms with E-state index in [-0.39, 0.29) is 6.10 Å². The number of hydrogen-bond acceptors (Lipinski definition) is 4. The van der Waals surface area contributed by atoms with Crippen LogP contribution in [0.25, 0.3) is 0 Å². The quantitative estimate of drug-likeness (QED) is 0.746. The highest BCUT2D eigenvalue weighted by Gasteiger charge is 2.38. The maximum Gasteiger partial charge on any atom is 0.416 e. The van der Waals surface area contributed by atoms with Gasteiger partial charge in [-0.15, -0.1) is 0 Å². The molecule has 3 aliphatic rings. The smallest absolute Gasteiger partial charge is 0.416 e. The van der Waals surface area contributed by atoms with Gasteiger partial charge in [0.2, 0.25) is 0 Å². The van der Waals surface area contributed by atoms with Crippen molar-refractivity contribution in [3.05, 3.63) is 65.7 Å². The largest absolute Gasteiger partial charge is 0.459 e. The maximum atomic E-state index is 13.0. The molecular weight excluding hydrogens is 381 g/mol. The van der Waals surface area contributed by atoms with Gasteiger partial charge in [-0.2, -0.15) is 13.2 Å². The Kier molecular flexibility index (Phi) is 5.50. The van der Waals surface area contributed by atoms with Crippen LogP contribution in [-0.4, -0.2) is 36.6 Å². The van der Waals surface area contributed by atoms with Crippen molar-refractivity contribution in [1.82, 2.24) is 4.90 Å². The van der Waals surface area contributed by atoms with Crippen molar-refractivity contribution in [2.24, 2.45) is 5.92 Å². The van der Waals surface area contributed by atoms with Crippen molar-refractivity contribution in [3.8, 4) is 0 Å². The Morgan fingerprint density at radius 3 is 2.24 bits per heavy atom. The molecule has 4 nitrogen and oxygen atoms in total. The molecule has 0 saturated carbocycles. The summed E-state index contributed by atoms with van der Waals surface area (Å²) in [6.45, 7) is 2.79. The number of fused-ring (bicyclic) bond motifs is 3. The first-order valence-corrected chi connectivity index (χ1v) is 9.82. The van der Waals surface area contributed by atoms with Crippen molar-refractivity contribution in [1.29, 1.82) is 0 Å². The second-order valence-corrected chi connectivity index (χ2v) is 7.68. The van der Waals surface area contributed by atoms with Gasteiger partial charge in [-0.1, -0.05) is 30.3 Å². The molecule has 29 heavy (non-hydrogen) atoms. The number of anilines is 1. The van der Waals surface area contributed by atoms with E-state index in [1.165, 1.54) is 12.1 Å². The molecule has 154 valence electrons. The first kappa shape index (κ1) is 19.8. The van der Waals surface area contributed by atoms with Crippen LogP contribution in [0.1, 0.15) is 30.0 Å². The summed E-state index contributed by atoms with van der Waals surface area (Å²) in [5.41, 5.74) is 0.391. The number of halogens is 3. The predicted molar refractivity (Wildman–Crippen MR) is 103 cm³/mol. The van der Waals surface area contributed by atoms with Crippen LogP contribution in [0.4, 0.5) is 18.9 Å². The van der Waals surface area contributed by atoms with Crippen LogP contribution in [0.3, 0.4) is 0 Å². The van der Waals surface area contributed by atoms with Gasteiger partial charge in [-0.05, 0) is 61.7 Å². The molecule has 2 aromatic rings. The van der Waals surface area contributed by atoms with E-state index >= 15 is 0 Å². The van der Waals surface area contributed by atoms with Crippen LogP contribution >= 0.6 is 0 Å². The number of hydrogen-bond donors (Lipinski definition) is 1. The Balaban J connectivity index is 1.55. The Hall–Kier alpha value is -2.54. The summed E-state index contributed by atoms with van der Waals surface area (Å²) in [4.78, 5) is 15.3. The van der Waals surface area contributed by atoms with E-state index in [0.29, 0.717) is 17.2 Å². The Bertz CT molecular complexity index is 831. The van der Waals surface area contributed by atoms with Crippen molar-refractivity contribution in [2.45, 2.75) is 31.2 Å². The first-order chi connectivity index (χ1) is 13.9. The summed E-state index contributed by atoms with van der Waals surface area (Å²) in [5.74, 6) is -0.110. The molecule has 7 heteroatoms. The van der Waals surface area contributed by atoms with Crippen molar-refractivity contribution in [2.75, 3.05) is 25.0 Å². The first-order valence-electron chi connectivity index (χ1n) is 9.82. The Morgan fingerprint density at radius 1 is 1.03 bits per heavy atom. The molecule has 0 amide bonds. The van der Waals surface area contributed by atoms with E-state index in [1.54, 1.807) is 12.1 Å². The van der Waals surface area contributed by atoms with Gasteiger partial charge >= 0.3 is 12.1 Å². The van der Waals surface area contributed by atoms with E-state index in [2.05, 4.69) is 10.2 Å². The molecule has 0 spiro atoms. The summed E-state index contributed by atoms with van der Waals surface area (Å²) in [6, 6.07) is 12.9. The molecule has 0 radical (unpaired) electrons. The SMILES string of the molecule is O=C(OC1CN2CCC1CC2)C(Nc1ccccc1)c1ccc(C(F)(F)F)cc1. The number of esters is 1. The number of ether oxygens (including phenoxy) is 1. The van der Waals surface area contributed by atoms with E-state index in [4.69, 9.17) is 4.74 Å². The zero-order valence-electron chi connectivity index (χ0n) is 15.9. The van der Waals surface area contributed by atoms with Crippen LogP contribution in [0.5, 0.6) is 0 Å². The fraction of sp³-hybridized carbons (Fsp3) is 0.409. The Labute approximate surface area is 167 Å². The second kappa shape index (κ2) is 8.06. The number of nitrogens with one attached hydrogen (secondary N) is 1. The van der Waals surface area contributed by atoms with Crippen LogP contribution in [0, 0.1) is 5.92 Å². The zero-order valence-corrected chi connectivity index (χ0v) is 15.9. The number of para-hydroxylation sites is 1. The van der Waals surface area contributed by atoms with Gasteiger partial charge in [0.15, 0.2) is 6.04 Å². The topological polar surface area (TPSA) is 41.6 Å². The number of carbonyl (C=O) groups excluding carboxylic acids is 1. The monoisotopic (exact) mass is 404 g/mol. The molecule has 3 heterocycles. The summed E-state index contributed by atoms with van der Waals surface area (Å²) in [7, 11) is 0. The molecule has 2 atom stereocenters. The summed E-state index contributed by atoms with van der Waals surface area (Å²) in [6.07, 6.45) is -2.57. The average Bonchev–Trinajstić information content (AvgIpc) is 2.73. The number of nitrogens with zero attached hydrogens (tertiary/aromatic N) is 1. The lowest BCUT2D eigenvalue weighted by atomic mass is 9.86. The van der Waals surface area contributed by atoms with E-state index in [9.17, 15) is 18.0 Å². The minimum absolute atomic E-state index is 0.167. The lowest BCUT2D eigenvalue weighted by Crippen LogP contribution is -2.52. The predicted octanol–water partition coefficient (Wildman–Crippen LogP) is 4.50. The van der Waals surface area contributed by atoms with Gasteiger partial charge in [-0.25, -0.2) is 4.79 Å². The van der Waals surface area contributed by atoms with Gasteiger partial charge in [-0.3, -0.25) is 4.90 Å². The second-order valence-electron chi connectivity index (χ2n) is 7.68. The highest BCUT2D eigenvalue weighted by atomic mass is 19.4. The molecule has 5 rings (SSSR count). The van der Waals surface area contributed by atoms with E-state index < -0.39 is 23.8 Å². The van der Waals surface area contributed by atoms with E-state index in [0.717, 1.165) is 44.6 Å². The number of alkyl halides is 3. The summed E-state index contributed by atoms with van der Waals surface area (Å²) in [5, 5.41) is 3.12. The summed E-state index contributed by atoms with van der Waals surface area (Å²) >= 11 is 0. The summed E-state index contributed by atoms with van der Waals surface area (Å²) < 4.78 is 44.6. The van der Waals surface area contributed by atoms with Crippen LogP contribution in [0.2, 0.25) is 0 Å². The molecule has 0 aliphatic carbocycles. The molecule has 2 aromatic carbocycles. The molecule has 0 aromatic heterocycles. The average molecular weight is 404 g/mol.